The van der Waals surface area contributed by atoms with Crippen molar-refractivity contribution in [2.45, 2.75) is 243 Å². The van der Waals surface area contributed by atoms with Crippen molar-refractivity contribution in [2.24, 2.45) is 0 Å². The molecule has 10 heteroatoms. The van der Waals surface area contributed by atoms with Gasteiger partial charge in [-0.1, -0.05) is 174 Å². The highest BCUT2D eigenvalue weighted by Gasteiger charge is 2.44. The van der Waals surface area contributed by atoms with Crippen LogP contribution in [0.15, 0.2) is 0 Å². The lowest BCUT2D eigenvalue weighted by atomic mass is 9.98. The van der Waals surface area contributed by atoms with Crippen molar-refractivity contribution >= 4 is 5.91 Å². The van der Waals surface area contributed by atoms with Gasteiger partial charge in [0.15, 0.2) is 6.29 Å². The van der Waals surface area contributed by atoms with E-state index in [9.17, 15) is 35.4 Å². The molecule has 1 aliphatic rings. The number of aliphatic hydroxyl groups excluding tert-OH is 6. The van der Waals surface area contributed by atoms with Crippen LogP contribution in [0, 0.1) is 0 Å². The predicted octanol–water partition coefficient (Wildman–Crippen LogP) is 6.97. The second-order valence-corrected chi connectivity index (χ2v) is 15.3. The van der Waals surface area contributed by atoms with E-state index in [1.54, 1.807) is 0 Å². The Hall–Kier alpha value is -0.850. The molecule has 8 atom stereocenters. The van der Waals surface area contributed by atoms with Crippen LogP contribution < -0.4 is 5.32 Å². The van der Waals surface area contributed by atoms with Gasteiger partial charge in [-0.25, -0.2) is 0 Å². The Morgan fingerprint density at radius 1 is 0.608 bits per heavy atom. The molecule has 0 bridgehead atoms. The van der Waals surface area contributed by atoms with Crippen LogP contribution in [0.2, 0.25) is 0 Å². The fraction of sp³-hybridized carbons (Fsp3) is 0.976. The summed E-state index contributed by atoms with van der Waals surface area (Å²) in [6.45, 7) is 3.59. The van der Waals surface area contributed by atoms with Crippen molar-refractivity contribution in [1.29, 1.82) is 0 Å². The predicted molar refractivity (Wildman–Crippen MR) is 204 cm³/mol. The van der Waals surface area contributed by atoms with E-state index in [1.807, 2.05) is 0 Å². The van der Waals surface area contributed by atoms with E-state index in [2.05, 4.69) is 19.2 Å². The smallest absolute Gasteiger partial charge is 0.220 e. The Kier molecular flexibility index (Phi) is 30.8. The second kappa shape index (κ2) is 32.6. The standard InChI is InChI=1S/C41H81NO9/c1-3-5-7-9-11-13-15-17-18-19-21-23-25-27-29-34(44)37(46)33(32-50-41-40(49)39(48)38(47)35(31-43)51-41)42-36(45)30-28-26-24-22-20-16-14-12-10-8-6-4-2/h33-35,37-41,43-44,46-49H,3-32H2,1-2H3,(H,42,45)/t33-,34+,35+,37-,38+,39?,40?,41+/m0/s1. The first kappa shape index (κ1) is 48.2. The summed E-state index contributed by atoms with van der Waals surface area (Å²) >= 11 is 0. The van der Waals surface area contributed by atoms with Crippen LogP contribution in [0.3, 0.4) is 0 Å². The molecule has 1 heterocycles. The molecule has 2 unspecified atom stereocenters. The van der Waals surface area contributed by atoms with Gasteiger partial charge in [0.1, 0.15) is 30.5 Å². The molecular formula is C41H81NO9. The summed E-state index contributed by atoms with van der Waals surface area (Å²) in [7, 11) is 0. The van der Waals surface area contributed by atoms with Gasteiger partial charge in [-0.15, -0.1) is 0 Å². The molecule has 0 radical (unpaired) electrons. The number of aliphatic hydroxyl groups is 6. The van der Waals surface area contributed by atoms with Gasteiger partial charge in [-0.05, 0) is 12.8 Å². The van der Waals surface area contributed by atoms with E-state index in [0.717, 1.165) is 44.9 Å². The maximum absolute atomic E-state index is 12.9. The highest BCUT2D eigenvalue weighted by molar-refractivity contribution is 5.76. The van der Waals surface area contributed by atoms with Crippen molar-refractivity contribution in [2.75, 3.05) is 13.2 Å². The third kappa shape index (κ3) is 23.5. The third-order valence-corrected chi connectivity index (χ3v) is 10.6. The van der Waals surface area contributed by atoms with E-state index >= 15 is 0 Å². The Labute approximate surface area is 311 Å². The highest BCUT2D eigenvalue weighted by Crippen LogP contribution is 2.23. The molecule has 1 aliphatic heterocycles. The van der Waals surface area contributed by atoms with E-state index < -0.39 is 55.6 Å². The molecule has 0 aromatic carbocycles. The lowest BCUT2D eigenvalue weighted by Crippen LogP contribution is -2.60. The summed E-state index contributed by atoms with van der Waals surface area (Å²) in [5, 5.41) is 65.0. The normalized spacial score (nSPS) is 22.5. The van der Waals surface area contributed by atoms with Gasteiger partial charge >= 0.3 is 0 Å². The number of carbonyl (C=O) groups is 1. The number of carbonyl (C=O) groups excluding carboxylic acids is 1. The van der Waals surface area contributed by atoms with Gasteiger partial charge in [0.05, 0.1) is 25.4 Å². The van der Waals surface area contributed by atoms with Crippen molar-refractivity contribution in [1.82, 2.24) is 5.32 Å². The Bertz CT molecular complexity index is 788. The molecule has 0 aromatic heterocycles. The molecule has 7 N–H and O–H groups in total. The summed E-state index contributed by atoms with van der Waals surface area (Å²) in [5.41, 5.74) is 0. The average Bonchev–Trinajstić information content (AvgIpc) is 3.13. The topological polar surface area (TPSA) is 169 Å². The molecule has 1 saturated heterocycles. The summed E-state index contributed by atoms with van der Waals surface area (Å²) in [5.74, 6) is -0.257. The fourth-order valence-corrected chi connectivity index (χ4v) is 7.02. The molecule has 304 valence electrons. The fourth-order valence-electron chi connectivity index (χ4n) is 7.02. The minimum atomic E-state index is -1.60. The number of rotatable bonds is 35. The van der Waals surface area contributed by atoms with Crippen LogP contribution in [-0.2, 0) is 14.3 Å². The van der Waals surface area contributed by atoms with E-state index in [4.69, 9.17) is 9.47 Å². The first-order valence-corrected chi connectivity index (χ1v) is 21.3. The zero-order valence-electron chi connectivity index (χ0n) is 32.7. The van der Waals surface area contributed by atoms with Crippen LogP contribution in [-0.4, -0.2) is 98.7 Å². The summed E-state index contributed by atoms with van der Waals surface area (Å²) in [6, 6.07) is -0.983. The number of hydrogen-bond acceptors (Lipinski definition) is 9. The maximum atomic E-state index is 12.9. The lowest BCUT2D eigenvalue weighted by Gasteiger charge is -2.40. The molecule has 10 nitrogen and oxygen atoms in total. The van der Waals surface area contributed by atoms with Crippen LogP contribution >= 0.6 is 0 Å². The third-order valence-electron chi connectivity index (χ3n) is 10.6. The number of hydrogen-bond donors (Lipinski definition) is 7. The average molecular weight is 732 g/mol. The van der Waals surface area contributed by atoms with Crippen LogP contribution in [0.4, 0.5) is 0 Å². The molecule has 0 saturated carbocycles. The van der Waals surface area contributed by atoms with E-state index in [1.165, 1.54) is 122 Å². The first-order valence-electron chi connectivity index (χ1n) is 21.3. The van der Waals surface area contributed by atoms with Gasteiger partial charge < -0.3 is 45.4 Å². The quantitative estimate of drug-likeness (QED) is 0.0341. The molecular weight excluding hydrogens is 650 g/mol. The van der Waals surface area contributed by atoms with Gasteiger partial charge in [0.2, 0.25) is 5.91 Å². The van der Waals surface area contributed by atoms with Crippen molar-refractivity contribution in [3.05, 3.63) is 0 Å². The van der Waals surface area contributed by atoms with Crippen molar-refractivity contribution < 1.29 is 44.9 Å². The van der Waals surface area contributed by atoms with Gasteiger partial charge in [0.25, 0.3) is 0 Å². The molecule has 0 aromatic rings. The number of ether oxygens (including phenoxy) is 2. The zero-order chi connectivity index (χ0) is 37.5. The lowest BCUT2D eigenvalue weighted by molar-refractivity contribution is -0.303. The van der Waals surface area contributed by atoms with E-state index in [-0.39, 0.29) is 18.9 Å². The Morgan fingerprint density at radius 3 is 1.45 bits per heavy atom. The van der Waals surface area contributed by atoms with Gasteiger partial charge in [0, 0.05) is 6.42 Å². The Balaban J connectivity index is 2.44. The molecule has 1 fully saturated rings. The minimum absolute atomic E-state index is 0.257. The molecule has 1 amide bonds. The molecule has 0 aliphatic carbocycles. The number of nitrogens with one attached hydrogen (secondary N) is 1. The van der Waals surface area contributed by atoms with Crippen LogP contribution in [0.25, 0.3) is 0 Å². The minimum Gasteiger partial charge on any atom is -0.394 e. The summed E-state index contributed by atoms with van der Waals surface area (Å²) < 4.78 is 11.1. The van der Waals surface area contributed by atoms with Crippen molar-refractivity contribution in [3.63, 3.8) is 0 Å². The number of unbranched alkanes of at least 4 members (excludes halogenated alkanes) is 24. The largest absolute Gasteiger partial charge is 0.394 e. The molecule has 0 spiro atoms. The molecule has 51 heavy (non-hydrogen) atoms. The maximum Gasteiger partial charge on any atom is 0.220 e. The first-order chi connectivity index (χ1) is 24.8. The summed E-state index contributed by atoms with van der Waals surface area (Å²) in [4.78, 5) is 12.9. The van der Waals surface area contributed by atoms with Crippen LogP contribution in [0.5, 0.6) is 0 Å². The highest BCUT2D eigenvalue weighted by atomic mass is 16.7. The van der Waals surface area contributed by atoms with Crippen molar-refractivity contribution in [3.8, 4) is 0 Å². The van der Waals surface area contributed by atoms with Gasteiger partial charge in [-0.2, -0.15) is 0 Å². The zero-order valence-corrected chi connectivity index (χ0v) is 32.7. The molecule has 1 rings (SSSR count). The van der Waals surface area contributed by atoms with E-state index in [0.29, 0.717) is 6.42 Å². The Morgan fingerprint density at radius 2 is 1.02 bits per heavy atom. The van der Waals surface area contributed by atoms with Crippen LogP contribution in [0.1, 0.15) is 194 Å². The SMILES string of the molecule is CCCCCCCCCCCCCCCC[C@@H](O)[C@@H](O)[C@H](CO[C@@H]1O[C@H](CO)[C@@H](O)C(O)C1O)NC(=O)CCCCCCCCCCCCCC. The van der Waals surface area contributed by atoms with Gasteiger partial charge in [-0.3, -0.25) is 4.79 Å². The number of amides is 1. The monoisotopic (exact) mass is 732 g/mol. The second-order valence-electron chi connectivity index (χ2n) is 15.3. The summed E-state index contributed by atoms with van der Waals surface area (Å²) in [6.07, 6.45) is 22.5.